The van der Waals surface area contributed by atoms with Crippen LogP contribution in [0.15, 0.2) is 42.5 Å². The molecule has 2 aromatic carbocycles. The fourth-order valence-electron chi connectivity index (χ4n) is 3.73. The summed E-state index contributed by atoms with van der Waals surface area (Å²) < 4.78 is 5.35. The zero-order chi connectivity index (χ0) is 19.0. The van der Waals surface area contributed by atoms with E-state index in [4.69, 9.17) is 4.74 Å². The quantitative estimate of drug-likeness (QED) is 0.638. The van der Waals surface area contributed by atoms with Gasteiger partial charge in [-0.25, -0.2) is 0 Å². The van der Waals surface area contributed by atoms with Gasteiger partial charge in [-0.15, -0.1) is 11.3 Å². The number of hydrogen-bond acceptors (Lipinski definition) is 3. The number of benzene rings is 2. The maximum atomic E-state index is 12.9. The highest BCUT2D eigenvalue weighted by atomic mass is 32.1. The van der Waals surface area contributed by atoms with E-state index in [2.05, 4.69) is 36.5 Å². The fourth-order valence-corrected chi connectivity index (χ4v) is 4.89. The molecule has 4 rings (SSSR count). The molecule has 1 heterocycles. The lowest BCUT2D eigenvalue weighted by molar-refractivity contribution is 0.103. The van der Waals surface area contributed by atoms with Crippen LogP contribution in [0.5, 0.6) is 5.75 Å². The highest BCUT2D eigenvalue weighted by molar-refractivity contribution is 7.17. The molecule has 3 aromatic rings. The van der Waals surface area contributed by atoms with Gasteiger partial charge < -0.3 is 10.1 Å². The Hall–Kier alpha value is -2.59. The Morgan fingerprint density at radius 2 is 1.96 bits per heavy atom. The predicted molar refractivity (Wildman–Crippen MR) is 112 cm³/mol. The van der Waals surface area contributed by atoms with Crippen LogP contribution in [0, 0.1) is 6.92 Å². The maximum Gasteiger partial charge on any atom is 0.265 e. The number of para-hydroxylation sites is 1. The molecule has 0 unspecified atom stereocenters. The molecule has 138 valence electrons. The third kappa shape index (κ3) is 3.26. The summed E-state index contributed by atoms with van der Waals surface area (Å²) in [4.78, 5) is 14.9. The van der Waals surface area contributed by atoms with Crippen molar-refractivity contribution >= 4 is 22.9 Å². The van der Waals surface area contributed by atoms with Gasteiger partial charge in [-0.3, -0.25) is 4.79 Å². The summed E-state index contributed by atoms with van der Waals surface area (Å²) in [6.07, 6.45) is 2.84. The summed E-state index contributed by atoms with van der Waals surface area (Å²) in [5.41, 5.74) is 7.00. The highest BCUT2D eigenvalue weighted by Gasteiger charge is 2.22. The number of carbonyl (C=O) groups is 1. The van der Waals surface area contributed by atoms with E-state index in [1.807, 2.05) is 25.1 Å². The van der Waals surface area contributed by atoms with Crippen molar-refractivity contribution < 1.29 is 9.53 Å². The normalized spacial score (nSPS) is 12.3. The molecule has 0 spiro atoms. The SMILES string of the molecule is CCc1cccc(C)c1NC(=O)c1cc2c(s1)-c1ccc(OC)cc1CC2. The van der Waals surface area contributed by atoms with Crippen LogP contribution >= 0.6 is 11.3 Å². The number of aryl methyl sites for hydroxylation is 4. The minimum absolute atomic E-state index is 0.0199. The van der Waals surface area contributed by atoms with Gasteiger partial charge in [-0.05, 0) is 78.3 Å². The van der Waals surface area contributed by atoms with Crippen LogP contribution in [0.3, 0.4) is 0 Å². The molecule has 0 aliphatic heterocycles. The van der Waals surface area contributed by atoms with Crippen LogP contribution < -0.4 is 10.1 Å². The second-order valence-corrected chi connectivity index (χ2v) is 7.96. The monoisotopic (exact) mass is 377 g/mol. The number of methoxy groups -OCH3 is 1. The molecule has 0 saturated heterocycles. The molecule has 0 fully saturated rings. The minimum Gasteiger partial charge on any atom is -0.497 e. The van der Waals surface area contributed by atoms with E-state index in [0.29, 0.717) is 0 Å². The van der Waals surface area contributed by atoms with E-state index >= 15 is 0 Å². The van der Waals surface area contributed by atoms with Crippen LogP contribution in [0.2, 0.25) is 0 Å². The van der Waals surface area contributed by atoms with E-state index < -0.39 is 0 Å². The zero-order valence-corrected chi connectivity index (χ0v) is 16.7. The summed E-state index contributed by atoms with van der Waals surface area (Å²) in [7, 11) is 1.69. The van der Waals surface area contributed by atoms with Gasteiger partial charge in [0.25, 0.3) is 5.91 Å². The average Bonchev–Trinajstić information content (AvgIpc) is 3.13. The number of fused-ring (bicyclic) bond motifs is 3. The lowest BCUT2D eigenvalue weighted by atomic mass is 9.91. The molecule has 0 bridgehead atoms. The third-order valence-electron chi connectivity index (χ3n) is 5.23. The van der Waals surface area contributed by atoms with Crippen LogP contribution in [0.4, 0.5) is 5.69 Å². The summed E-state index contributed by atoms with van der Waals surface area (Å²) in [6.45, 7) is 4.15. The first-order chi connectivity index (χ1) is 13.1. The van der Waals surface area contributed by atoms with Gasteiger partial charge in [-0.2, -0.15) is 0 Å². The van der Waals surface area contributed by atoms with Gasteiger partial charge in [0, 0.05) is 10.6 Å². The van der Waals surface area contributed by atoms with Crippen molar-refractivity contribution in [2.45, 2.75) is 33.1 Å². The number of hydrogen-bond donors (Lipinski definition) is 1. The number of anilines is 1. The second-order valence-electron chi connectivity index (χ2n) is 6.90. The lowest BCUT2D eigenvalue weighted by Crippen LogP contribution is -2.13. The van der Waals surface area contributed by atoms with Crippen LogP contribution in [0.25, 0.3) is 10.4 Å². The molecule has 1 aliphatic carbocycles. The summed E-state index contributed by atoms with van der Waals surface area (Å²) >= 11 is 1.59. The average molecular weight is 378 g/mol. The van der Waals surface area contributed by atoms with Gasteiger partial charge in [-0.1, -0.05) is 25.1 Å². The first-order valence-corrected chi connectivity index (χ1v) is 10.1. The largest absolute Gasteiger partial charge is 0.497 e. The minimum atomic E-state index is -0.0199. The summed E-state index contributed by atoms with van der Waals surface area (Å²) in [5.74, 6) is 0.867. The molecule has 1 amide bonds. The summed E-state index contributed by atoms with van der Waals surface area (Å²) in [6, 6.07) is 14.4. The van der Waals surface area contributed by atoms with Crippen LogP contribution in [-0.2, 0) is 19.3 Å². The fraction of sp³-hybridized carbons (Fsp3) is 0.261. The van der Waals surface area contributed by atoms with E-state index in [0.717, 1.165) is 41.1 Å². The van der Waals surface area contributed by atoms with Gasteiger partial charge in [0.1, 0.15) is 5.75 Å². The van der Waals surface area contributed by atoms with E-state index in [-0.39, 0.29) is 5.91 Å². The van der Waals surface area contributed by atoms with Crippen molar-refractivity contribution in [3.63, 3.8) is 0 Å². The van der Waals surface area contributed by atoms with Gasteiger partial charge in [0.05, 0.1) is 12.0 Å². The number of carbonyl (C=O) groups excluding carboxylic acids is 1. The van der Waals surface area contributed by atoms with Gasteiger partial charge >= 0.3 is 0 Å². The number of rotatable bonds is 4. The Bertz CT molecular complexity index is 1020. The molecule has 1 N–H and O–H groups in total. The Morgan fingerprint density at radius 1 is 1.15 bits per heavy atom. The summed E-state index contributed by atoms with van der Waals surface area (Å²) in [5, 5.41) is 3.15. The van der Waals surface area contributed by atoms with E-state index in [1.165, 1.54) is 27.1 Å². The van der Waals surface area contributed by atoms with Crippen LogP contribution in [-0.4, -0.2) is 13.0 Å². The highest BCUT2D eigenvalue weighted by Crippen LogP contribution is 2.41. The molecular formula is C23H23NO2S. The molecule has 0 atom stereocenters. The molecule has 0 radical (unpaired) electrons. The number of nitrogens with one attached hydrogen (secondary N) is 1. The third-order valence-corrected chi connectivity index (χ3v) is 6.44. The van der Waals surface area contributed by atoms with Crippen molar-refractivity contribution in [3.05, 3.63) is 69.6 Å². The van der Waals surface area contributed by atoms with Gasteiger partial charge in [0.15, 0.2) is 0 Å². The van der Waals surface area contributed by atoms with Gasteiger partial charge in [0.2, 0.25) is 0 Å². The number of ether oxygens (including phenoxy) is 1. The molecular weight excluding hydrogens is 354 g/mol. The molecule has 3 nitrogen and oxygen atoms in total. The molecule has 27 heavy (non-hydrogen) atoms. The second kappa shape index (κ2) is 7.20. The molecule has 4 heteroatoms. The van der Waals surface area contributed by atoms with Crippen molar-refractivity contribution in [1.82, 2.24) is 0 Å². The lowest BCUT2D eigenvalue weighted by Gasteiger charge is -2.16. The first-order valence-electron chi connectivity index (χ1n) is 9.30. The van der Waals surface area contributed by atoms with Crippen molar-refractivity contribution in [2.75, 3.05) is 12.4 Å². The zero-order valence-electron chi connectivity index (χ0n) is 15.9. The van der Waals surface area contributed by atoms with Crippen molar-refractivity contribution in [2.24, 2.45) is 0 Å². The van der Waals surface area contributed by atoms with Crippen molar-refractivity contribution in [3.8, 4) is 16.2 Å². The Balaban J connectivity index is 1.66. The number of thiophene rings is 1. The standard InChI is InChI=1S/C23H23NO2S/c1-4-15-7-5-6-14(2)21(15)24-23(25)20-13-17-9-8-16-12-18(26-3)10-11-19(16)22(17)27-20/h5-7,10-13H,4,8-9H2,1-3H3,(H,24,25). The maximum absolute atomic E-state index is 12.9. The number of amides is 1. The molecule has 1 aliphatic rings. The first kappa shape index (κ1) is 17.8. The van der Waals surface area contributed by atoms with E-state index in [9.17, 15) is 4.79 Å². The molecule has 1 aromatic heterocycles. The Morgan fingerprint density at radius 3 is 2.74 bits per heavy atom. The predicted octanol–water partition coefficient (Wildman–Crippen LogP) is 5.65. The Kier molecular flexibility index (Phi) is 4.75. The topological polar surface area (TPSA) is 38.3 Å². The van der Waals surface area contributed by atoms with Crippen LogP contribution in [0.1, 0.15) is 38.8 Å². The smallest absolute Gasteiger partial charge is 0.265 e. The van der Waals surface area contributed by atoms with Crippen molar-refractivity contribution in [1.29, 1.82) is 0 Å². The van der Waals surface area contributed by atoms with E-state index in [1.54, 1.807) is 18.4 Å². The molecule has 0 saturated carbocycles. The Labute approximate surface area is 164 Å².